The maximum Gasteiger partial charge on any atom is 0.272 e. The standard InChI is InChI=1S/C20H26N2O6S/c1-5-26-17-10-9-16(12-19(17)27-6-2)29(24,25)22-21-20(23)13-28-18-11-14(3)7-8-15(18)4/h7-12,22H,5-6,13H2,1-4H3,(H,21,23). The van der Waals surface area contributed by atoms with Crippen LogP contribution in [0.2, 0.25) is 0 Å². The highest BCUT2D eigenvalue weighted by atomic mass is 32.2. The Balaban J connectivity index is 2.00. The number of rotatable bonds is 10. The molecule has 0 aliphatic rings. The fourth-order valence-electron chi connectivity index (χ4n) is 2.42. The summed E-state index contributed by atoms with van der Waals surface area (Å²) in [5.74, 6) is 0.683. The lowest BCUT2D eigenvalue weighted by Crippen LogP contribution is -2.43. The van der Waals surface area contributed by atoms with Crippen molar-refractivity contribution >= 4 is 15.9 Å². The molecule has 0 radical (unpaired) electrons. The third-order valence-corrected chi connectivity index (χ3v) is 5.10. The van der Waals surface area contributed by atoms with Crippen LogP contribution < -0.4 is 24.5 Å². The lowest BCUT2D eigenvalue weighted by atomic mass is 10.1. The Morgan fingerprint density at radius 1 is 0.897 bits per heavy atom. The molecule has 0 aliphatic heterocycles. The maximum atomic E-state index is 12.5. The number of hydrogen-bond donors (Lipinski definition) is 2. The molecule has 0 saturated heterocycles. The molecule has 2 aromatic rings. The van der Waals surface area contributed by atoms with Gasteiger partial charge in [-0.1, -0.05) is 12.1 Å². The molecule has 0 unspecified atom stereocenters. The smallest absolute Gasteiger partial charge is 0.272 e. The van der Waals surface area contributed by atoms with Gasteiger partial charge in [0.2, 0.25) is 0 Å². The van der Waals surface area contributed by atoms with Crippen molar-refractivity contribution in [2.24, 2.45) is 0 Å². The van der Waals surface area contributed by atoms with Crippen LogP contribution in [0.15, 0.2) is 41.3 Å². The average molecular weight is 423 g/mol. The van der Waals surface area contributed by atoms with E-state index in [-0.39, 0.29) is 11.5 Å². The molecule has 0 heterocycles. The predicted octanol–water partition coefficient (Wildman–Crippen LogP) is 2.49. The van der Waals surface area contributed by atoms with E-state index in [4.69, 9.17) is 14.2 Å². The third kappa shape index (κ3) is 6.37. The third-order valence-electron chi connectivity index (χ3n) is 3.85. The van der Waals surface area contributed by atoms with Crippen molar-refractivity contribution in [2.75, 3.05) is 19.8 Å². The summed E-state index contributed by atoms with van der Waals surface area (Å²) in [5, 5.41) is 0. The molecule has 29 heavy (non-hydrogen) atoms. The second-order valence-electron chi connectivity index (χ2n) is 6.19. The Morgan fingerprint density at radius 3 is 2.28 bits per heavy atom. The number of ether oxygens (including phenoxy) is 3. The first-order valence-electron chi connectivity index (χ1n) is 9.17. The summed E-state index contributed by atoms with van der Waals surface area (Å²) in [7, 11) is -4.00. The molecule has 9 heteroatoms. The highest BCUT2D eigenvalue weighted by Gasteiger charge is 2.18. The Kier molecular flexibility index (Phi) is 7.86. The van der Waals surface area contributed by atoms with E-state index >= 15 is 0 Å². The first-order chi connectivity index (χ1) is 13.8. The number of hydrogen-bond acceptors (Lipinski definition) is 6. The van der Waals surface area contributed by atoms with Gasteiger partial charge in [-0.25, -0.2) is 8.42 Å². The van der Waals surface area contributed by atoms with E-state index in [0.29, 0.717) is 30.5 Å². The van der Waals surface area contributed by atoms with E-state index in [9.17, 15) is 13.2 Å². The van der Waals surface area contributed by atoms with E-state index in [2.05, 4.69) is 10.3 Å². The van der Waals surface area contributed by atoms with Gasteiger partial charge in [0.1, 0.15) is 5.75 Å². The fourth-order valence-corrected chi connectivity index (χ4v) is 3.30. The zero-order valence-electron chi connectivity index (χ0n) is 16.9. The summed E-state index contributed by atoms with van der Waals surface area (Å²) in [5.41, 5.74) is 4.01. The summed E-state index contributed by atoms with van der Waals surface area (Å²) >= 11 is 0. The number of sulfonamides is 1. The van der Waals surface area contributed by atoms with Crippen molar-refractivity contribution in [2.45, 2.75) is 32.6 Å². The van der Waals surface area contributed by atoms with Gasteiger partial charge in [0.05, 0.1) is 18.1 Å². The lowest BCUT2D eigenvalue weighted by molar-refractivity contribution is -0.123. The van der Waals surface area contributed by atoms with Crippen LogP contribution in [0.4, 0.5) is 0 Å². The number of amides is 1. The number of carbonyl (C=O) groups excluding carboxylic acids is 1. The molecule has 2 N–H and O–H groups in total. The fraction of sp³-hybridized carbons (Fsp3) is 0.350. The van der Waals surface area contributed by atoms with Crippen LogP contribution in [0.25, 0.3) is 0 Å². The second kappa shape index (κ2) is 10.1. The topological polar surface area (TPSA) is 103 Å². The van der Waals surface area contributed by atoms with Gasteiger partial charge in [-0.3, -0.25) is 10.2 Å². The summed E-state index contributed by atoms with van der Waals surface area (Å²) in [6.07, 6.45) is 0. The van der Waals surface area contributed by atoms with Gasteiger partial charge < -0.3 is 14.2 Å². The first kappa shape index (κ1) is 22.5. The summed E-state index contributed by atoms with van der Waals surface area (Å²) in [6, 6.07) is 9.84. The molecule has 2 rings (SSSR count). The van der Waals surface area contributed by atoms with Gasteiger partial charge in [-0.2, -0.15) is 0 Å². The molecule has 0 atom stereocenters. The molecule has 158 valence electrons. The van der Waals surface area contributed by atoms with Crippen LogP contribution in [0.3, 0.4) is 0 Å². The SMILES string of the molecule is CCOc1ccc(S(=O)(=O)NNC(=O)COc2cc(C)ccc2C)cc1OCC. The van der Waals surface area contributed by atoms with Gasteiger partial charge in [-0.15, -0.1) is 4.83 Å². The van der Waals surface area contributed by atoms with Gasteiger partial charge in [0.15, 0.2) is 18.1 Å². The summed E-state index contributed by atoms with van der Waals surface area (Å²) in [4.78, 5) is 14.0. The second-order valence-corrected chi connectivity index (χ2v) is 7.87. The molecular formula is C20H26N2O6S. The number of nitrogens with one attached hydrogen (secondary N) is 2. The Labute approximate surface area is 171 Å². The van der Waals surface area contributed by atoms with E-state index in [1.54, 1.807) is 6.92 Å². The minimum atomic E-state index is -4.00. The summed E-state index contributed by atoms with van der Waals surface area (Å²) in [6.45, 7) is 7.80. The van der Waals surface area contributed by atoms with E-state index in [1.165, 1.54) is 18.2 Å². The van der Waals surface area contributed by atoms with Crippen LogP contribution in [0.1, 0.15) is 25.0 Å². The molecular weight excluding hydrogens is 396 g/mol. The van der Waals surface area contributed by atoms with E-state index in [1.807, 2.05) is 39.0 Å². The Hall–Kier alpha value is -2.78. The van der Waals surface area contributed by atoms with Crippen LogP contribution in [-0.2, 0) is 14.8 Å². The number of aryl methyl sites for hydroxylation is 2. The zero-order valence-corrected chi connectivity index (χ0v) is 17.8. The van der Waals surface area contributed by atoms with Gasteiger partial charge in [-0.05, 0) is 57.0 Å². The van der Waals surface area contributed by atoms with Crippen LogP contribution in [0.5, 0.6) is 17.2 Å². The molecule has 2 aromatic carbocycles. The molecule has 0 saturated carbocycles. The molecule has 0 fully saturated rings. The monoisotopic (exact) mass is 422 g/mol. The van der Waals surface area contributed by atoms with Crippen molar-refractivity contribution in [1.82, 2.24) is 10.3 Å². The molecule has 0 spiro atoms. The number of hydrazine groups is 1. The van der Waals surface area contributed by atoms with Crippen molar-refractivity contribution < 1.29 is 27.4 Å². The normalized spacial score (nSPS) is 11.0. The van der Waals surface area contributed by atoms with Crippen molar-refractivity contribution in [3.05, 3.63) is 47.5 Å². The minimum absolute atomic E-state index is 0.0693. The van der Waals surface area contributed by atoms with E-state index < -0.39 is 15.9 Å². The molecule has 0 aliphatic carbocycles. The van der Waals surface area contributed by atoms with Gasteiger partial charge in [0.25, 0.3) is 15.9 Å². The van der Waals surface area contributed by atoms with Crippen LogP contribution >= 0.6 is 0 Å². The Bertz CT molecular complexity index is 959. The van der Waals surface area contributed by atoms with Crippen LogP contribution in [0, 0.1) is 13.8 Å². The lowest BCUT2D eigenvalue weighted by Gasteiger charge is -2.14. The molecule has 0 aromatic heterocycles. The molecule has 8 nitrogen and oxygen atoms in total. The maximum absolute atomic E-state index is 12.5. The van der Waals surface area contributed by atoms with Crippen LogP contribution in [-0.4, -0.2) is 34.1 Å². The minimum Gasteiger partial charge on any atom is -0.490 e. The highest BCUT2D eigenvalue weighted by Crippen LogP contribution is 2.30. The van der Waals surface area contributed by atoms with Crippen molar-refractivity contribution in [3.63, 3.8) is 0 Å². The van der Waals surface area contributed by atoms with Gasteiger partial charge >= 0.3 is 0 Å². The first-order valence-corrected chi connectivity index (χ1v) is 10.7. The number of benzene rings is 2. The largest absolute Gasteiger partial charge is 0.490 e. The average Bonchev–Trinajstić information content (AvgIpc) is 2.68. The van der Waals surface area contributed by atoms with Gasteiger partial charge in [0, 0.05) is 6.07 Å². The molecule has 0 bridgehead atoms. The zero-order chi connectivity index (χ0) is 21.4. The Morgan fingerprint density at radius 2 is 1.59 bits per heavy atom. The number of carbonyl (C=O) groups is 1. The van der Waals surface area contributed by atoms with E-state index in [0.717, 1.165) is 11.1 Å². The van der Waals surface area contributed by atoms with Crippen molar-refractivity contribution in [3.8, 4) is 17.2 Å². The molecule has 1 amide bonds. The highest BCUT2D eigenvalue weighted by molar-refractivity contribution is 7.89. The van der Waals surface area contributed by atoms with Crippen molar-refractivity contribution in [1.29, 1.82) is 0 Å². The summed E-state index contributed by atoms with van der Waals surface area (Å²) < 4.78 is 41.3. The quantitative estimate of drug-likeness (QED) is 0.570. The predicted molar refractivity (Wildman–Crippen MR) is 109 cm³/mol.